The summed E-state index contributed by atoms with van der Waals surface area (Å²) in [7, 11) is 3.40. The van der Waals surface area contributed by atoms with E-state index >= 15 is 0 Å². The van der Waals surface area contributed by atoms with E-state index in [4.69, 9.17) is 10.2 Å². The fourth-order valence-corrected chi connectivity index (χ4v) is 2.19. The number of carbonyl (C=O) groups excluding carboxylic acids is 1. The SMILES string of the molecule is Cc1nn(C)c(C(=O)N(C)Cc2ccc(Br)o2)c1N. The normalized spacial score (nSPS) is 10.7. The van der Waals surface area contributed by atoms with Crippen molar-refractivity contribution in [2.75, 3.05) is 12.8 Å². The molecule has 2 heterocycles. The maximum atomic E-state index is 12.3. The standard InChI is InChI=1S/C12H15BrN4O2/c1-7-10(14)11(17(3)15-7)12(18)16(2)6-8-4-5-9(13)19-8/h4-5H,6,14H2,1-3H3. The monoisotopic (exact) mass is 326 g/mol. The van der Waals surface area contributed by atoms with Gasteiger partial charge in [-0.3, -0.25) is 9.48 Å². The van der Waals surface area contributed by atoms with Gasteiger partial charge in [0.15, 0.2) is 4.67 Å². The average Bonchev–Trinajstić information content (AvgIpc) is 2.84. The third kappa shape index (κ3) is 2.65. The Morgan fingerprint density at radius 1 is 1.58 bits per heavy atom. The second-order valence-electron chi connectivity index (χ2n) is 4.34. The van der Waals surface area contributed by atoms with Crippen LogP contribution in [-0.4, -0.2) is 27.6 Å². The van der Waals surface area contributed by atoms with Crippen LogP contribution in [0.3, 0.4) is 0 Å². The number of aromatic nitrogens is 2. The van der Waals surface area contributed by atoms with Crippen LogP contribution in [-0.2, 0) is 13.6 Å². The highest BCUT2D eigenvalue weighted by atomic mass is 79.9. The lowest BCUT2D eigenvalue weighted by molar-refractivity contribution is 0.0765. The van der Waals surface area contributed by atoms with Gasteiger partial charge in [-0.25, -0.2) is 0 Å². The van der Waals surface area contributed by atoms with E-state index in [0.29, 0.717) is 34.0 Å². The lowest BCUT2D eigenvalue weighted by Crippen LogP contribution is -2.28. The quantitative estimate of drug-likeness (QED) is 0.935. The van der Waals surface area contributed by atoms with Gasteiger partial charge in [0.05, 0.1) is 17.9 Å². The zero-order valence-electron chi connectivity index (χ0n) is 11.0. The van der Waals surface area contributed by atoms with Gasteiger partial charge >= 0.3 is 0 Å². The fourth-order valence-electron chi connectivity index (χ4n) is 1.85. The third-order valence-electron chi connectivity index (χ3n) is 2.84. The van der Waals surface area contributed by atoms with Crippen LogP contribution in [0.15, 0.2) is 21.2 Å². The first-order valence-electron chi connectivity index (χ1n) is 5.69. The van der Waals surface area contributed by atoms with E-state index in [2.05, 4.69) is 21.0 Å². The lowest BCUT2D eigenvalue weighted by Gasteiger charge is -2.16. The summed E-state index contributed by atoms with van der Waals surface area (Å²) in [5.74, 6) is 0.508. The van der Waals surface area contributed by atoms with Crippen LogP contribution in [0.2, 0.25) is 0 Å². The third-order valence-corrected chi connectivity index (χ3v) is 3.27. The first-order valence-corrected chi connectivity index (χ1v) is 6.48. The Labute approximate surface area is 119 Å². The first-order chi connectivity index (χ1) is 8.90. The summed E-state index contributed by atoms with van der Waals surface area (Å²) in [6.45, 7) is 2.14. The molecule has 102 valence electrons. The molecule has 7 heteroatoms. The van der Waals surface area contributed by atoms with Gasteiger partial charge in [0.2, 0.25) is 0 Å². The second kappa shape index (κ2) is 5.08. The van der Waals surface area contributed by atoms with E-state index in [9.17, 15) is 4.79 Å². The topological polar surface area (TPSA) is 77.3 Å². The molecular weight excluding hydrogens is 312 g/mol. The maximum Gasteiger partial charge on any atom is 0.274 e. The van der Waals surface area contributed by atoms with E-state index in [-0.39, 0.29) is 5.91 Å². The average molecular weight is 327 g/mol. The molecule has 0 aliphatic carbocycles. The molecule has 2 aromatic heterocycles. The number of halogens is 1. The van der Waals surface area contributed by atoms with Crippen molar-refractivity contribution in [2.24, 2.45) is 7.05 Å². The summed E-state index contributed by atoms with van der Waals surface area (Å²) < 4.78 is 7.51. The van der Waals surface area contributed by atoms with E-state index in [0.717, 1.165) is 0 Å². The summed E-state index contributed by atoms with van der Waals surface area (Å²) in [5, 5.41) is 4.14. The van der Waals surface area contributed by atoms with E-state index in [1.54, 1.807) is 27.1 Å². The van der Waals surface area contributed by atoms with Crippen molar-refractivity contribution in [3.63, 3.8) is 0 Å². The molecule has 2 N–H and O–H groups in total. The number of nitrogens with zero attached hydrogens (tertiary/aromatic N) is 3. The predicted molar refractivity (Wildman–Crippen MR) is 74.6 cm³/mol. The number of anilines is 1. The van der Waals surface area contributed by atoms with Crippen molar-refractivity contribution in [2.45, 2.75) is 13.5 Å². The molecular formula is C12H15BrN4O2. The van der Waals surface area contributed by atoms with E-state index in [1.165, 1.54) is 9.58 Å². The van der Waals surface area contributed by atoms with Gasteiger partial charge in [0.25, 0.3) is 5.91 Å². The Morgan fingerprint density at radius 2 is 2.26 bits per heavy atom. The number of amides is 1. The summed E-state index contributed by atoms with van der Waals surface area (Å²) >= 11 is 3.23. The molecule has 0 unspecified atom stereocenters. The molecule has 2 rings (SSSR count). The molecule has 0 spiro atoms. The van der Waals surface area contributed by atoms with Gasteiger partial charge in [-0.05, 0) is 35.0 Å². The summed E-state index contributed by atoms with van der Waals surface area (Å²) in [4.78, 5) is 13.9. The highest BCUT2D eigenvalue weighted by Crippen LogP contribution is 2.19. The minimum atomic E-state index is -0.187. The van der Waals surface area contributed by atoms with Crippen molar-refractivity contribution >= 4 is 27.5 Å². The Hall–Kier alpha value is -1.76. The molecule has 0 aromatic carbocycles. The number of aryl methyl sites for hydroxylation is 2. The highest BCUT2D eigenvalue weighted by Gasteiger charge is 2.22. The number of nitrogen functional groups attached to an aromatic ring is 1. The number of furan rings is 1. The Morgan fingerprint density at radius 3 is 2.74 bits per heavy atom. The van der Waals surface area contributed by atoms with Crippen LogP contribution in [0, 0.1) is 6.92 Å². The van der Waals surface area contributed by atoms with Crippen LogP contribution < -0.4 is 5.73 Å². The number of rotatable bonds is 3. The van der Waals surface area contributed by atoms with Gasteiger partial charge < -0.3 is 15.1 Å². The Kier molecular flexibility index (Phi) is 3.66. The number of hydrogen-bond donors (Lipinski definition) is 1. The molecule has 0 aliphatic rings. The van der Waals surface area contributed by atoms with Gasteiger partial charge in [0.1, 0.15) is 11.5 Å². The van der Waals surface area contributed by atoms with Crippen molar-refractivity contribution in [3.05, 3.63) is 34.0 Å². The molecule has 0 saturated carbocycles. The van der Waals surface area contributed by atoms with Gasteiger partial charge in [-0.15, -0.1) is 0 Å². The molecule has 0 atom stereocenters. The molecule has 0 fully saturated rings. The van der Waals surface area contributed by atoms with Crippen LogP contribution in [0.25, 0.3) is 0 Å². The largest absolute Gasteiger partial charge is 0.452 e. The summed E-state index contributed by atoms with van der Waals surface area (Å²) in [5.41, 5.74) is 7.34. The highest BCUT2D eigenvalue weighted by molar-refractivity contribution is 9.10. The second-order valence-corrected chi connectivity index (χ2v) is 5.12. The molecule has 0 saturated heterocycles. The fraction of sp³-hybridized carbons (Fsp3) is 0.333. The lowest BCUT2D eigenvalue weighted by atomic mass is 10.2. The van der Waals surface area contributed by atoms with Crippen molar-refractivity contribution in [1.82, 2.24) is 14.7 Å². The molecule has 19 heavy (non-hydrogen) atoms. The first kappa shape index (κ1) is 13.7. The van der Waals surface area contributed by atoms with E-state index in [1.807, 2.05) is 6.07 Å². The molecule has 1 amide bonds. The van der Waals surface area contributed by atoms with Gasteiger partial charge in [0, 0.05) is 14.1 Å². The zero-order valence-corrected chi connectivity index (χ0v) is 12.6. The van der Waals surface area contributed by atoms with Crippen LogP contribution in [0.4, 0.5) is 5.69 Å². The number of nitrogens with two attached hydrogens (primary N) is 1. The maximum absolute atomic E-state index is 12.3. The smallest absolute Gasteiger partial charge is 0.274 e. The summed E-state index contributed by atoms with van der Waals surface area (Å²) in [6, 6.07) is 3.60. The van der Waals surface area contributed by atoms with E-state index < -0.39 is 0 Å². The van der Waals surface area contributed by atoms with Crippen LogP contribution in [0.1, 0.15) is 21.9 Å². The minimum Gasteiger partial charge on any atom is -0.452 e. The van der Waals surface area contributed by atoms with Crippen molar-refractivity contribution < 1.29 is 9.21 Å². The van der Waals surface area contributed by atoms with Crippen LogP contribution in [0.5, 0.6) is 0 Å². The van der Waals surface area contributed by atoms with Crippen molar-refractivity contribution in [3.8, 4) is 0 Å². The van der Waals surface area contributed by atoms with Crippen molar-refractivity contribution in [1.29, 1.82) is 0 Å². The van der Waals surface area contributed by atoms with Crippen LogP contribution >= 0.6 is 15.9 Å². The molecule has 2 aromatic rings. The Bertz CT molecular complexity index is 617. The van der Waals surface area contributed by atoms with Gasteiger partial charge in [-0.1, -0.05) is 0 Å². The molecule has 0 radical (unpaired) electrons. The Balaban J connectivity index is 2.19. The summed E-state index contributed by atoms with van der Waals surface area (Å²) in [6.07, 6.45) is 0. The zero-order chi connectivity index (χ0) is 14.2. The van der Waals surface area contributed by atoms with Gasteiger partial charge in [-0.2, -0.15) is 5.10 Å². The minimum absolute atomic E-state index is 0.187. The molecule has 0 aliphatic heterocycles. The predicted octanol–water partition coefficient (Wildman–Crippen LogP) is 1.94. The molecule has 6 nitrogen and oxygen atoms in total. The molecule has 0 bridgehead atoms. The number of hydrogen-bond acceptors (Lipinski definition) is 4. The number of carbonyl (C=O) groups is 1.